The highest BCUT2D eigenvalue weighted by atomic mass is 16.5. The number of hydrogen-bond acceptors (Lipinski definition) is 4. The number of carbonyl (C=O) groups excluding carboxylic acids is 1. The SMILES string of the molecule is CCC(C)C(N)C(=O)Nc1cc(OC)ccc1O. The van der Waals surface area contributed by atoms with Gasteiger partial charge in [0, 0.05) is 6.07 Å². The molecule has 1 aromatic rings. The molecule has 0 aliphatic heterocycles. The molecule has 4 N–H and O–H groups in total. The van der Waals surface area contributed by atoms with Gasteiger partial charge in [0.15, 0.2) is 0 Å². The Hall–Kier alpha value is -1.75. The summed E-state index contributed by atoms with van der Waals surface area (Å²) in [4.78, 5) is 11.9. The molecule has 0 saturated carbocycles. The average Bonchev–Trinajstić information content (AvgIpc) is 2.39. The van der Waals surface area contributed by atoms with Gasteiger partial charge in [-0.3, -0.25) is 4.79 Å². The highest BCUT2D eigenvalue weighted by Crippen LogP contribution is 2.28. The van der Waals surface area contributed by atoms with E-state index in [-0.39, 0.29) is 17.6 Å². The standard InChI is InChI=1S/C13H20N2O3/c1-4-8(2)12(14)13(17)15-10-7-9(18-3)5-6-11(10)16/h5-8,12,16H,4,14H2,1-3H3,(H,15,17). The summed E-state index contributed by atoms with van der Waals surface area (Å²) in [5.74, 6) is 0.311. The highest BCUT2D eigenvalue weighted by molar-refractivity contribution is 5.96. The highest BCUT2D eigenvalue weighted by Gasteiger charge is 2.20. The molecular weight excluding hydrogens is 232 g/mol. The smallest absolute Gasteiger partial charge is 0.241 e. The van der Waals surface area contributed by atoms with E-state index in [1.165, 1.54) is 13.2 Å². The van der Waals surface area contributed by atoms with Crippen molar-refractivity contribution >= 4 is 11.6 Å². The molecule has 0 aromatic heterocycles. The first-order valence-corrected chi connectivity index (χ1v) is 5.93. The summed E-state index contributed by atoms with van der Waals surface area (Å²) in [7, 11) is 1.52. The van der Waals surface area contributed by atoms with Gasteiger partial charge in [-0.2, -0.15) is 0 Å². The zero-order valence-electron chi connectivity index (χ0n) is 10.9. The Bertz CT molecular complexity index is 421. The molecule has 100 valence electrons. The van der Waals surface area contributed by atoms with E-state index in [1.807, 2.05) is 13.8 Å². The molecule has 0 radical (unpaired) electrons. The van der Waals surface area contributed by atoms with Crippen LogP contribution in [0.2, 0.25) is 0 Å². The third-order valence-corrected chi connectivity index (χ3v) is 3.02. The fourth-order valence-corrected chi connectivity index (χ4v) is 1.47. The van der Waals surface area contributed by atoms with Gasteiger partial charge in [0.1, 0.15) is 11.5 Å². The van der Waals surface area contributed by atoms with Gasteiger partial charge in [0.25, 0.3) is 0 Å². The average molecular weight is 252 g/mol. The Morgan fingerprint density at radius 3 is 2.78 bits per heavy atom. The number of rotatable bonds is 5. The number of amides is 1. The van der Waals surface area contributed by atoms with Gasteiger partial charge in [-0.25, -0.2) is 0 Å². The molecule has 1 amide bonds. The summed E-state index contributed by atoms with van der Waals surface area (Å²) in [5, 5.41) is 12.3. The summed E-state index contributed by atoms with van der Waals surface area (Å²) in [6.45, 7) is 3.89. The van der Waals surface area contributed by atoms with Crippen LogP contribution in [0.4, 0.5) is 5.69 Å². The van der Waals surface area contributed by atoms with Crippen LogP contribution in [0.15, 0.2) is 18.2 Å². The molecular formula is C13H20N2O3. The molecule has 1 rings (SSSR count). The summed E-state index contributed by atoms with van der Waals surface area (Å²) in [5.41, 5.74) is 6.12. The Labute approximate surface area is 107 Å². The van der Waals surface area contributed by atoms with Gasteiger partial charge < -0.3 is 20.9 Å². The van der Waals surface area contributed by atoms with E-state index in [9.17, 15) is 9.90 Å². The first-order valence-electron chi connectivity index (χ1n) is 5.93. The van der Waals surface area contributed by atoms with Crippen molar-refractivity contribution in [1.82, 2.24) is 0 Å². The van der Waals surface area contributed by atoms with Crippen molar-refractivity contribution in [3.63, 3.8) is 0 Å². The van der Waals surface area contributed by atoms with Crippen molar-refractivity contribution in [3.8, 4) is 11.5 Å². The minimum atomic E-state index is -0.597. The zero-order chi connectivity index (χ0) is 13.7. The zero-order valence-corrected chi connectivity index (χ0v) is 10.9. The van der Waals surface area contributed by atoms with Crippen molar-refractivity contribution in [3.05, 3.63) is 18.2 Å². The first-order chi connectivity index (χ1) is 8.49. The van der Waals surface area contributed by atoms with Gasteiger partial charge in [0.05, 0.1) is 18.8 Å². The minimum absolute atomic E-state index is 0.0134. The van der Waals surface area contributed by atoms with Crippen molar-refractivity contribution in [2.45, 2.75) is 26.3 Å². The van der Waals surface area contributed by atoms with Gasteiger partial charge in [-0.15, -0.1) is 0 Å². The van der Waals surface area contributed by atoms with Gasteiger partial charge in [-0.05, 0) is 18.1 Å². The lowest BCUT2D eigenvalue weighted by molar-refractivity contribution is -0.118. The second kappa shape index (κ2) is 6.26. The number of nitrogens with two attached hydrogens (primary N) is 1. The van der Waals surface area contributed by atoms with Crippen molar-refractivity contribution < 1.29 is 14.6 Å². The maximum atomic E-state index is 11.9. The molecule has 0 heterocycles. The maximum absolute atomic E-state index is 11.9. The van der Waals surface area contributed by atoms with Crippen LogP contribution in [0, 0.1) is 5.92 Å². The molecule has 0 spiro atoms. The molecule has 0 aliphatic carbocycles. The monoisotopic (exact) mass is 252 g/mol. The topological polar surface area (TPSA) is 84.6 Å². The fourth-order valence-electron chi connectivity index (χ4n) is 1.47. The molecule has 5 heteroatoms. The second-order valence-corrected chi connectivity index (χ2v) is 4.28. The lowest BCUT2D eigenvalue weighted by Gasteiger charge is -2.18. The van der Waals surface area contributed by atoms with Crippen LogP contribution in [0.5, 0.6) is 11.5 Å². The van der Waals surface area contributed by atoms with Crippen LogP contribution in [-0.4, -0.2) is 24.2 Å². The van der Waals surface area contributed by atoms with Crippen molar-refractivity contribution in [2.24, 2.45) is 11.7 Å². The van der Waals surface area contributed by atoms with E-state index in [2.05, 4.69) is 5.32 Å². The number of anilines is 1. The summed E-state index contributed by atoms with van der Waals surface area (Å²) >= 11 is 0. The molecule has 0 fully saturated rings. The molecule has 0 aliphatic rings. The number of benzene rings is 1. The van der Waals surface area contributed by atoms with Crippen LogP contribution < -0.4 is 15.8 Å². The first kappa shape index (κ1) is 14.3. The third-order valence-electron chi connectivity index (χ3n) is 3.02. The van der Waals surface area contributed by atoms with Crippen molar-refractivity contribution in [2.75, 3.05) is 12.4 Å². The van der Waals surface area contributed by atoms with Crippen LogP contribution >= 0.6 is 0 Å². The molecule has 1 aromatic carbocycles. The lowest BCUT2D eigenvalue weighted by Crippen LogP contribution is -2.40. The molecule has 2 atom stereocenters. The van der Waals surface area contributed by atoms with Crippen LogP contribution in [-0.2, 0) is 4.79 Å². The number of aromatic hydroxyl groups is 1. The van der Waals surface area contributed by atoms with Crippen LogP contribution in [0.25, 0.3) is 0 Å². The largest absolute Gasteiger partial charge is 0.506 e. The van der Waals surface area contributed by atoms with E-state index in [1.54, 1.807) is 12.1 Å². The Kier molecular flexibility index (Phi) is 4.97. The van der Waals surface area contributed by atoms with Gasteiger partial charge >= 0.3 is 0 Å². The third kappa shape index (κ3) is 3.37. The number of ether oxygens (including phenoxy) is 1. The Morgan fingerprint density at radius 2 is 2.22 bits per heavy atom. The molecule has 0 bridgehead atoms. The normalized spacial score (nSPS) is 13.8. The Balaban J connectivity index is 2.81. The number of carbonyl (C=O) groups is 1. The number of phenolic OH excluding ortho intramolecular Hbond substituents is 1. The van der Waals surface area contributed by atoms with E-state index in [4.69, 9.17) is 10.5 Å². The van der Waals surface area contributed by atoms with Gasteiger partial charge in [-0.1, -0.05) is 20.3 Å². The lowest BCUT2D eigenvalue weighted by atomic mass is 9.99. The Morgan fingerprint density at radius 1 is 1.56 bits per heavy atom. The van der Waals surface area contributed by atoms with E-state index in [0.717, 1.165) is 6.42 Å². The van der Waals surface area contributed by atoms with E-state index >= 15 is 0 Å². The fraction of sp³-hybridized carbons (Fsp3) is 0.462. The summed E-state index contributed by atoms with van der Waals surface area (Å²) in [6.07, 6.45) is 0.818. The number of phenols is 1. The molecule has 0 saturated heterocycles. The number of hydrogen-bond donors (Lipinski definition) is 3. The number of nitrogens with one attached hydrogen (secondary N) is 1. The maximum Gasteiger partial charge on any atom is 0.241 e. The van der Waals surface area contributed by atoms with Gasteiger partial charge in [0.2, 0.25) is 5.91 Å². The summed E-state index contributed by atoms with van der Waals surface area (Å²) in [6, 6.07) is 4.03. The second-order valence-electron chi connectivity index (χ2n) is 4.28. The molecule has 18 heavy (non-hydrogen) atoms. The van der Waals surface area contributed by atoms with E-state index < -0.39 is 6.04 Å². The summed E-state index contributed by atoms with van der Waals surface area (Å²) < 4.78 is 5.03. The van der Waals surface area contributed by atoms with E-state index in [0.29, 0.717) is 11.4 Å². The minimum Gasteiger partial charge on any atom is -0.506 e. The number of methoxy groups -OCH3 is 1. The molecule has 2 unspecified atom stereocenters. The predicted molar refractivity (Wildman–Crippen MR) is 70.7 cm³/mol. The van der Waals surface area contributed by atoms with Crippen molar-refractivity contribution in [1.29, 1.82) is 0 Å². The predicted octanol–water partition coefficient (Wildman–Crippen LogP) is 1.71. The quantitative estimate of drug-likeness (QED) is 0.696. The molecule has 5 nitrogen and oxygen atoms in total. The van der Waals surface area contributed by atoms with Crippen LogP contribution in [0.1, 0.15) is 20.3 Å². The van der Waals surface area contributed by atoms with Crippen LogP contribution in [0.3, 0.4) is 0 Å².